The molecule has 1 unspecified atom stereocenters. The first kappa shape index (κ1) is 60.1. The number of nitrogens with two attached hydrogens (primary N) is 2. The molecule has 7 N–H and O–H groups in total. The number of hydrogen-bond donors (Lipinski definition) is 5. The van der Waals surface area contributed by atoms with Gasteiger partial charge in [0.2, 0.25) is 6.29 Å². The molecule has 3 aliphatic rings. The van der Waals surface area contributed by atoms with Gasteiger partial charge in [0.1, 0.15) is 40.8 Å². The molecule has 24 heteroatoms. The van der Waals surface area contributed by atoms with E-state index in [-0.39, 0.29) is 88.6 Å². The second kappa shape index (κ2) is 24.2. The van der Waals surface area contributed by atoms with Gasteiger partial charge in [-0.05, 0) is 26.2 Å². The van der Waals surface area contributed by atoms with E-state index in [9.17, 15) is 28.2 Å². The predicted octanol–water partition coefficient (Wildman–Crippen LogP) is 6.14. The molecule has 0 aromatic carbocycles. The van der Waals surface area contributed by atoms with Crippen molar-refractivity contribution >= 4 is 51.1 Å². The van der Waals surface area contributed by atoms with E-state index >= 15 is 0 Å². The topological polar surface area (TPSA) is 288 Å². The number of anilines is 2. The Morgan fingerprint density at radius 3 is 1.79 bits per heavy atom. The summed E-state index contributed by atoms with van der Waals surface area (Å²) in [5.41, 5.74) is 10.9. The molecule has 9 rings (SSSR count). The number of fused-ring (bicyclic) bond motifs is 3. The smallest absolute Gasteiger partial charge is 0.312 e. The number of aromatic amines is 1. The molecule has 3 saturated heterocycles. The number of H-pyrrole nitrogens is 1. The number of esters is 1. The number of imidazole rings is 3. The highest BCUT2D eigenvalue weighted by atomic mass is 19.1. The molecule has 0 aliphatic carbocycles. The number of nitrogens with one attached hydrogen (secondary N) is 1. The number of hydrogen-bond acceptors (Lipinski definition) is 18. The Morgan fingerprint density at radius 2 is 1.27 bits per heavy atom. The van der Waals surface area contributed by atoms with Crippen molar-refractivity contribution in [1.82, 2.24) is 59.0 Å². The number of nitrogens with zero attached hydrogens (tertiary/aromatic N) is 11. The van der Waals surface area contributed by atoms with Crippen LogP contribution in [0, 0.1) is 74.0 Å². The van der Waals surface area contributed by atoms with E-state index < -0.39 is 60.3 Å². The second-order valence-corrected chi connectivity index (χ2v) is 15.9. The van der Waals surface area contributed by atoms with E-state index in [1.807, 2.05) is 20.8 Å². The highest BCUT2D eigenvalue weighted by Gasteiger charge is 2.48. The average molecular weight is 995 g/mol. The molecule has 0 spiro atoms. The number of aliphatic hydroxyl groups is 2. The van der Waals surface area contributed by atoms with Crippen LogP contribution in [0.3, 0.4) is 0 Å². The van der Waals surface area contributed by atoms with Crippen molar-refractivity contribution in [2.45, 2.75) is 145 Å². The van der Waals surface area contributed by atoms with E-state index in [4.69, 9.17) is 49.7 Å². The lowest BCUT2D eigenvalue weighted by molar-refractivity contribution is -0.179. The molecule has 3 aliphatic heterocycles. The van der Waals surface area contributed by atoms with Gasteiger partial charge in [0.05, 0.1) is 31.3 Å². The van der Waals surface area contributed by atoms with Crippen LogP contribution in [0.25, 0.3) is 33.5 Å². The number of carbonyl (C=O) groups is 1. The van der Waals surface area contributed by atoms with Crippen molar-refractivity contribution in [3.63, 3.8) is 0 Å². The van der Waals surface area contributed by atoms with Crippen LogP contribution in [0.4, 0.5) is 24.8 Å². The lowest BCUT2D eigenvalue weighted by Crippen LogP contribution is -2.41. The van der Waals surface area contributed by atoms with Crippen LogP contribution in [0.5, 0.6) is 0 Å². The van der Waals surface area contributed by atoms with E-state index in [1.165, 1.54) is 24.1 Å². The minimum Gasteiger partial charge on any atom is -0.436 e. The molecule has 0 saturated carbocycles. The summed E-state index contributed by atoms with van der Waals surface area (Å²) in [5, 5.41) is 19.3. The maximum atomic E-state index is 13.5. The van der Waals surface area contributed by atoms with Gasteiger partial charge in [0.25, 0.3) is 0 Å². The molecule has 9 heterocycles. The normalized spacial score (nSPS) is 25.9. The van der Waals surface area contributed by atoms with Gasteiger partial charge < -0.3 is 45.6 Å². The van der Waals surface area contributed by atoms with Gasteiger partial charge in [-0.25, -0.2) is 19.9 Å². The van der Waals surface area contributed by atoms with Crippen molar-refractivity contribution < 1.29 is 47.1 Å². The zero-order valence-electron chi connectivity index (χ0n) is 37.3. The van der Waals surface area contributed by atoms with Gasteiger partial charge in [0.15, 0.2) is 39.7 Å². The molecular weight excluding hydrogens is 930 g/mol. The quantitative estimate of drug-likeness (QED) is 0.0712. The first-order valence-electron chi connectivity index (χ1n) is 20.9. The highest BCUT2D eigenvalue weighted by Crippen LogP contribution is 2.44. The first-order valence-corrected chi connectivity index (χ1v) is 20.9. The average Bonchev–Trinajstić information content (AvgIpc) is 4.15. The minimum atomic E-state index is -1.50. The van der Waals surface area contributed by atoms with Crippen LogP contribution in [0.2, 0.25) is 0 Å². The van der Waals surface area contributed by atoms with E-state index in [1.54, 1.807) is 17.8 Å². The zero-order chi connectivity index (χ0) is 49.0. The van der Waals surface area contributed by atoms with Gasteiger partial charge in [-0.2, -0.15) is 38.1 Å². The standard InChI is InChI=1S/C15H17FN4O.C12H12FN5O3.C11H16O3.C5H4FN5.4CH4/c1-5-15(6-2)9(3)7-11(21-15)20-8-17-12-10(4)18-14(16)19-13(12)20;1-2-12(4-19)6(20)3-7(21-12)18-5-15-8-9(14)16-11(13)17-10(8)18;1-5-11(6-2)8(3)7-10(14-11)13-9(4)12;6-5-10-3(7)2-4(11-5)9-1-8-2;;;;/h1,8-9,11H,6-7H2,2-4H3;1,5-7,19-20H,3-4H2,(H2,14,16,17);1,8,10H,6-7H2,2-4H3;1H,(H3,7,8,9,10,11);4*1H4/t9-,11+,15+;6-,7+,12+;8-,10?,11+;;;;;/m000...../s1. The Morgan fingerprint density at radius 1 is 0.775 bits per heavy atom. The fourth-order valence-electron chi connectivity index (χ4n) is 8.05. The van der Waals surface area contributed by atoms with Gasteiger partial charge in [-0.15, -0.1) is 19.3 Å². The summed E-state index contributed by atoms with van der Waals surface area (Å²) >= 11 is 0. The van der Waals surface area contributed by atoms with Crippen LogP contribution in [0.1, 0.15) is 115 Å². The van der Waals surface area contributed by atoms with Gasteiger partial charge >= 0.3 is 24.2 Å². The third kappa shape index (κ3) is 12.0. The maximum Gasteiger partial charge on any atom is 0.312 e. The SMILES string of the molecule is C.C.C.C.C#C[C@]1(CC)OC(OC(C)=O)C[C@@H]1C.C#C[C@]1(CC)O[C@@H](n2cnc3c(C)nc(F)nc32)C[C@@H]1C.C#C[C@]1(CO)O[C@@H](n2cnc3c(N)nc(F)nc32)C[C@@H]1O.Nc1nc(F)nc2nc[nH]c12. The summed E-state index contributed by atoms with van der Waals surface area (Å²) < 4.78 is 64.6. The Bertz CT molecular complexity index is 2770. The number of ether oxygens (including phenoxy) is 4. The monoisotopic (exact) mass is 995 g/mol. The molecule has 71 heavy (non-hydrogen) atoms. The Balaban J connectivity index is 0.000000328. The number of nitrogen functional groups attached to an aromatic ring is 2. The predicted molar refractivity (Wildman–Crippen MR) is 260 cm³/mol. The van der Waals surface area contributed by atoms with Crippen molar-refractivity contribution in [1.29, 1.82) is 0 Å². The molecule has 0 amide bonds. The lowest BCUT2D eigenvalue weighted by Gasteiger charge is -2.25. The second-order valence-electron chi connectivity index (χ2n) is 15.9. The van der Waals surface area contributed by atoms with Crippen LogP contribution in [0.15, 0.2) is 19.0 Å². The summed E-state index contributed by atoms with van der Waals surface area (Å²) in [6.07, 6.45) is 18.6. The number of aromatic nitrogens is 12. The number of aliphatic hydroxyl groups excluding tert-OH is 2. The maximum absolute atomic E-state index is 13.5. The van der Waals surface area contributed by atoms with Crippen molar-refractivity contribution in [3.05, 3.63) is 42.9 Å². The first-order chi connectivity index (χ1) is 31.8. The molecule has 0 bridgehead atoms. The summed E-state index contributed by atoms with van der Waals surface area (Å²) in [4.78, 5) is 46.7. The van der Waals surface area contributed by atoms with Gasteiger partial charge in [-0.1, -0.05) is 75.2 Å². The summed E-state index contributed by atoms with van der Waals surface area (Å²) in [7, 11) is 0. The molecule has 21 nitrogen and oxygen atoms in total. The van der Waals surface area contributed by atoms with Crippen LogP contribution >= 0.6 is 0 Å². The molecule has 386 valence electrons. The summed E-state index contributed by atoms with van der Waals surface area (Å²) in [5.74, 6) is 7.78. The molecule has 9 atom stereocenters. The molecule has 6 aromatic rings. The van der Waals surface area contributed by atoms with Crippen LogP contribution in [-0.4, -0.2) is 111 Å². The van der Waals surface area contributed by atoms with Gasteiger partial charge in [-0.3, -0.25) is 13.9 Å². The van der Waals surface area contributed by atoms with Crippen molar-refractivity contribution in [2.75, 3.05) is 18.1 Å². The van der Waals surface area contributed by atoms with E-state index in [0.717, 1.165) is 19.3 Å². The summed E-state index contributed by atoms with van der Waals surface area (Å²) in [6.45, 7) is 10.6. The molecule has 3 fully saturated rings. The third-order valence-electron chi connectivity index (χ3n) is 11.9. The fraction of sp³-hybridized carbons (Fsp3) is 0.532. The Labute approximate surface area is 411 Å². The number of carbonyl (C=O) groups excluding carboxylic acids is 1. The van der Waals surface area contributed by atoms with Crippen molar-refractivity contribution in [2.24, 2.45) is 11.8 Å². The molecule has 6 aromatic heterocycles. The molecular formula is C47H65F3N14O7. The Kier molecular flexibility index (Phi) is 20.5. The van der Waals surface area contributed by atoms with E-state index in [2.05, 4.69) is 74.5 Å². The number of rotatable bonds is 6. The van der Waals surface area contributed by atoms with Crippen molar-refractivity contribution in [3.8, 4) is 37.0 Å². The van der Waals surface area contributed by atoms with Crippen LogP contribution in [-0.2, 0) is 23.7 Å². The summed E-state index contributed by atoms with van der Waals surface area (Å²) in [6, 6.07) is 0. The highest BCUT2D eigenvalue weighted by molar-refractivity contribution is 5.81. The zero-order valence-corrected chi connectivity index (χ0v) is 37.3. The van der Waals surface area contributed by atoms with Crippen LogP contribution < -0.4 is 11.5 Å². The largest absolute Gasteiger partial charge is 0.436 e. The van der Waals surface area contributed by atoms with E-state index in [0.29, 0.717) is 28.8 Å². The number of terminal acetylenes is 3. The number of halogens is 3. The third-order valence-corrected chi connectivity index (χ3v) is 11.9. The molecule has 0 radical (unpaired) electrons. The fourth-order valence-corrected chi connectivity index (χ4v) is 8.05. The Hall–Kier alpha value is -7.01. The van der Waals surface area contributed by atoms with Gasteiger partial charge in [0, 0.05) is 31.6 Å². The lowest BCUT2D eigenvalue weighted by atomic mass is 9.87. The minimum absolute atomic E-state index is 0. The number of aryl methyl sites for hydroxylation is 1.